The third kappa shape index (κ3) is 4.38. The molecule has 0 bridgehead atoms. The lowest BCUT2D eigenvalue weighted by Crippen LogP contribution is -2.42. The van der Waals surface area contributed by atoms with Crippen molar-refractivity contribution in [3.05, 3.63) is 83.4 Å². The molecule has 0 saturated carbocycles. The lowest BCUT2D eigenvalue weighted by Gasteiger charge is -2.32. The van der Waals surface area contributed by atoms with Crippen LogP contribution in [0.4, 0.5) is 0 Å². The van der Waals surface area contributed by atoms with E-state index < -0.39 is 0 Å². The van der Waals surface area contributed by atoms with Crippen molar-refractivity contribution in [2.75, 3.05) is 39.4 Å². The molecular formula is C24H26ClN5OS. The summed E-state index contributed by atoms with van der Waals surface area (Å²) in [5.41, 5.74) is 3.16. The molecule has 4 heterocycles. The maximum atomic E-state index is 6.30. The van der Waals surface area contributed by atoms with Crippen LogP contribution in [0.3, 0.4) is 0 Å². The smallest absolute Gasteiger partial charge is 0.170 e. The van der Waals surface area contributed by atoms with E-state index in [0.29, 0.717) is 5.02 Å². The van der Waals surface area contributed by atoms with E-state index in [1.165, 1.54) is 0 Å². The molecule has 1 N–H and O–H groups in total. The van der Waals surface area contributed by atoms with Gasteiger partial charge in [0.1, 0.15) is 0 Å². The van der Waals surface area contributed by atoms with Gasteiger partial charge in [-0.3, -0.25) is 9.88 Å². The van der Waals surface area contributed by atoms with Crippen LogP contribution in [0.25, 0.3) is 5.69 Å². The molecule has 2 atom stereocenters. The van der Waals surface area contributed by atoms with Crippen LogP contribution in [0.1, 0.15) is 23.5 Å². The molecule has 2 fully saturated rings. The van der Waals surface area contributed by atoms with Gasteiger partial charge in [-0.25, -0.2) is 0 Å². The number of halogens is 1. The predicted molar refractivity (Wildman–Crippen MR) is 130 cm³/mol. The highest BCUT2D eigenvalue weighted by molar-refractivity contribution is 7.80. The van der Waals surface area contributed by atoms with Gasteiger partial charge in [-0.1, -0.05) is 23.7 Å². The summed E-state index contributed by atoms with van der Waals surface area (Å²) in [5.74, 6) is 0. The quantitative estimate of drug-likeness (QED) is 0.556. The van der Waals surface area contributed by atoms with Crippen molar-refractivity contribution in [2.24, 2.45) is 0 Å². The maximum absolute atomic E-state index is 6.30. The number of morpholine rings is 1. The van der Waals surface area contributed by atoms with Crippen LogP contribution >= 0.6 is 23.8 Å². The zero-order chi connectivity index (χ0) is 21.9. The Bertz CT molecular complexity index is 1070. The van der Waals surface area contributed by atoms with E-state index in [0.717, 1.165) is 61.6 Å². The second-order valence-electron chi connectivity index (χ2n) is 8.06. The van der Waals surface area contributed by atoms with E-state index in [2.05, 4.69) is 55.1 Å². The van der Waals surface area contributed by atoms with Gasteiger partial charge >= 0.3 is 0 Å². The molecule has 2 aliphatic rings. The Labute approximate surface area is 198 Å². The van der Waals surface area contributed by atoms with Gasteiger partial charge in [-0.2, -0.15) is 0 Å². The molecule has 2 aliphatic heterocycles. The molecule has 166 valence electrons. The van der Waals surface area contributed by atoms with Crippen LogP contribution in [0, 0.1) is 0 Å². The number of aromatic nitrogens is 2. The largest absolute Gasteiger partial charge is 0.379 e. The number of pyridine rings is 1. The van der Waals surface area contributed by atoms with Crippen molar-refractivity contribution in [3.8, 4) is 5.69 Å². The minimum Gasteiger partial charge on any atom is -0.379 e. The highest BCUT2D eigenvalue weighted by atomic mass is 35.5. The molecule has 0 aliphatic carbocycles. The second kappa shape index (κ2) is 9.58. The first-order valence-corrected chi connectivity index (χ1v) is 11.7. The van der Waals surface area contributed by atoms with Crippen LogP contribution in [0.2, 0.25) is 5.02 Å². The summed E-state index contributed by atoms with van der Waals surface area (Å²) in [6, 6.07) is 18.2. The van der Waals surface area contributed by atoms with Crippen LogP contribution < -0.4 is 5.32 Å². The lowest BCUT2D eigenvalue weighted by molar-refractivity contribution is 0.0349. The highest BCUT2D eigenvalue weighted by Crippen LogP contribution is 2.39. The van der Waals surface area contributed by atoms with Gasteiger partial charge in [0.25, 0.3) is 0 Å². The van der Waals surface area contributed by atoms with Crippen molar-refractivity contribution >= 4 is 28.9 Å². The van der Waals surface area contributed by atoms with Crippen molar-refractivity contribution in [2.45, 2.75) is 12.1 Å². The van der Waals surface area contributed by atoms with Gasteiger partial charge in [-0.15, -0.1) is 0 Å². The van der Waals surface area contributed by atoms with Gasteiger partial charge in [0.15, 0.2) is 5.11 Å². The first-order valence-electron chi connectivity index (χ1n) is 10.9. The molecule has 5 rings (SSSR count). The lowest BCUT2D eigenvalue weighted by atomic mass is 10.0. The molecule has 32 heavy (non-hydrogen) atoms. The number of benzene rings is 1. The summed E-state index contributed by atoms with van der Waals surface area (Å²) in [4.78, 5) is 9.39. The third-order valence-corrected chi connectivity index (χ3v) is 6.72. The summed E-state index contributed by atoms with van der Waals surface area (Å²) in [5, 5.41) is 5.03. The van der Waals surface area contributed by atoms with Crippen molar-refractivity contribution in [1.29, 1.82) is 0 Å². The van der Waals surface area contributed by atoms with Gasteiger partial charge in [-0.05, 0) is 54.7 Å². The summed E-state index contributed by atoms with van der Waals surface area (Å²) < 4.78 is 7.70. The number of hydrogen-bond acceptors (Lipinski definition) is 4. The number of nitrogens with zero attached hydrogens (tertiary/aromatic N) is 4. The standard InChI is InChI=1S/C24H26ClN5OS/c25-18-5-3-6-19(17-18)29-10-4-8-21(29)23-22(20-7-1-2-9-26-20)27-24(32)30(23)12-11-28-13-15-31-16-14-28/h1-10,17,22-23H,11-16H2,(H,27,32)/t22-,23-/m1/s1. The van der Waals surface area contributed by atoms with Crippen molar-refractivity contribution < 1.29 is 4.74 Å². The van der Waals surface area contributed by atoms with Crippen molar-refractivity contribution in [3.63, 3.8) is 0 Å². The van der Waals surface area contributed by atoms with Crippen LogP contribution in [-0.4, -0.2) is 63.9 Å². The number of hydrogen-bond donors (Lipinski definition) is 1. The van der Waals surface area contributed by atoms with E-state index in [1.54, 1.807) is 0 Å². The molecule has 3 aromatic rings. The number of thiocarbonyl (C=S) groups is 1. The van der Waals surface area contributed by atoms with Gasteiger partial charge in [0, 0.05) is 55.0 Å². The molecule has 0 amide bonds. The van der Waals surface area contributed by atoms with E-state index in [9.17, 15) is 0 Å². The minimum absolute atomic E-state index is 0.00687. The molecule has 0 spiro atoms. The first kappa shape index (κ1) is 21.4. The van der Waals surface area contributed by atoms with Crippen LogP contribution in [0.15, 0.2) is 67.0 Å². The molecule has 0 radical (unpaired) electrons. The Hall–Kier alpha value is -2.45. The second-order valence-corrected chi connectivity index (χ2v) is 8.88. The Morgan fingerprint density at radius 3 is 2.72 bits per heavy atom. The normalized spacial score (nSPS) is 21.7. The van der Waals surface area contributed by atoms with E-state index in [4.69, 9.17) is 28.6 Å². The van der Waals surface area contributed by atoms with Crippen molar-refractivity contribution in [1.82, 2.24) is 24.7 Å². The Balaban J connectivity index is 1.50. The zero-order valence-electron chi connectivity index (χ0n) is 17.7. The van der Waals surface area contributed by atoms with Gasteiger partial charge < -0.3 is 19.5 Å². The van der Waals surface area contributed by atoms with Crippen LogP contribution in [0.5, 0.6) is 0 Å². The van der Waals surface area contributed by atoms with Gasteiger partial charge in [0.2, 0.25) is 0 Å². The molecule has 8 heteroatoms. The van der Waals surface area contributed by atoms with Gasteiger partial charge in [0.05, 0.1) is 31.0 Å². The Kier molecular flexibility index (Phi) is 6.41. The first-order chi connectivity index (χ1) is 15.7. The summed E-state index contributed by atoms with van der Waals surface area (Å²) in [7, 11) is 0. The molecular weight excluding hydrogens is 442 g/mol. The molecule has 2 aromatic heterocycles. The summed E-state index contributed by atoms with van der Waals surface area (Å²) in [6.45, 7) is 5.28. The third-order valence-electron chi connectivity index (χ3n) is 6.13. The average Bonchev–Trinajstić information content (AvgIpc) is 3.43. The summed E-state index contributed by atoms with van der Waals surface area (Å²) in [6.07, 6.45) is 3.92. The minimum atomic E-state index is -0.0405. The molecule has 2 saturated heterocycles. The maximum Gasteiger partial charge on any atom is 0.170 e. The summed E-state index contributed by atoms with van der Waals surface area (Å²) >= 11 is 12.1. The van der Waals surface area contributed by atoms with Crippen LogP contribution in [-0.2, 0) is 4.74 Å². The fraction of sp³-hybridized carbons (Fsp3) is 0.333. The number of ether oxygens (including phenoxy) is 1. The monoisotopic (exact) mass is 467 g/mol. The number of rotatable bonds is 6. The predicted octanol–water partition coefficient (Wildman–Crippen LogP) is 3.83. The molecule has 1 aromatic carbocycles. The van der Waals surface area contributed by atoms with E-state index in [1.807, 2.05) is 36.5 Å². The topological polar surface area (TPSA) is 45.6 Å². The Morgan fingerprint density at radius 1 is 1.06 bits per heavy atom. The zero-order valence-corrected chi connectivity index (χ0v) is 19.3. The fourth-order valence-corrected chi connectivity index (χ4v) is 5.05. The van der Waals surface area contributed by atoms with E-state index >= 15 is 0 Å². The van der Waals surface area contributed by atoms with E-state index in [-0.39, 0.29) is 12.1 Å². The Morgan fingerprint density at radius 2 is 1.94 bits per heavy atom. The molecule has 6 nitrogen and oxygen atoms in total. The SMILES string of the molecule is S=C1N[C@H](c2ccccn2)[C@@H](c2cccn2-c2cccc(Cl)c2)N1CCN1CCOCC1. The molecule has 0 unspecified atom stereocenters. The fourth-order valence-electron chi connectivity index (χ4n) is 4.54. The number of nitrogens with one attached hydrogen (secondary N) is 1. The highest BCUT2D eigenvalue weighted by Gasteiger charge is 2.41. The average molecular weight is 468 g/mol.